The molecular formula is C23H34O6. The molecule has 1 heterocycles. The predicted molar refractivity (Wildman–Crippen MR) is 108 cm³/mol. The van der Waals surface area contributed by atoms with Gasteiger partial charge in [0, 0.05) is 18.8 Å². The fourth-order valence-corrected chi connectivity index (χ4v) is 4.72. The summed E-state index contributed by atoms with van der Waals surface area (Å²) in [6.07, 6.45) is 6.50. The van der Waals surface area contributed by atoms with Crippen molar-refractivity contribution in [2.24, 2.45) is 23.2 Å². The Bertz CT molecular complexity index is 688. The molecule has 3 aliphatic rings. The van der Waals surface area contributed by atoms with Crippen molar-refractivity contribution in [3.63, 3.8) is 0 Å². The van der Waals surface area contributed by atoms with Gasteiger partial charge in [-0.15, -0.1) is 0 Å². The van der Waals surface area contributed by atoms with E-state index >= 15 is 0 Å². The highest BCUT2D eigenvalue weighted by Gasteiger charge is 2.43. The molecule has 0 spiro atoms. The molecule has 2 N–H and O–H groups in total. The van der Waals surface area contributed by atoms with Gasteiger partial charge in [-0.05, 0) is 51.0 Å². The van der Waals surface area contributed by atoms with E-state index in [1.165, 1.54) is 0 Å². The van der Waals surface area contributed by atoms with Gasteiger partial charge in [-0.1, -0.05) is 25.2 Å². The van der Waals surface area contributed by atoms with E-state index < -0.39 is 17.6 Å². The Hall–Kier alpha value is -1.66. The lowest BCUT2D eigenvalue weighted by Crippen LogP contribution is -2.44. The number of carbonyl (C=O) groups is 2. The quantitative estimate of drug-likeness (QED) is 0.698. The van der Waals surface area contributed by atoms with Gasteiger partial charge >= 0.3 is 11.9 Å². The number of cyclic esters (lactones) is 1. The van der Waals surface area contributed by atoms with Gasteiger partial charge in [-0.3, -0.25) is 9.59 Å². The number of hydrogen-bond acceptors (Lipinski definition) is 6. The number of hydrogen-bond donors (Lipinski definition) is 2. The lowest BCUT2D eigenvalue weighted by molar-refractivity contribution is -0.165. The predicted octanol–water partition coefficient (Wildman–Crippen LogP) is 2.92. The fraction of sp³-hybridized carbons (Fsp3) is 0.739. The molecule has 0 bridgehead atoms. The summed E-state index contributed by atoms with van der Waals surface area (Å²) in [7, 11) is 0. The topological polar surface area (TPSA) is 93.1 Å². The van der Waals surface area contributed by atoms with Crippen molar-refractivity contribution in [1.82, 2.24) is 0 Å². The first-order valence-corrected chi connectivity index (χ1v) is 10.7. The van der Waals surface area contributed by atoms with Gasteiger partial charge in [0.15, 0.2) is 0 Å². The molecule has 2 aliphatic carbocycles. The summed E-state index contributed by atoms with van der Waals surface area (Å²) in [4.78, 5) is 24.2. The molecule has 0 amide bonds. The third-order valence-electron chi connectivity index (χ3n) is 6.30. The molecule has 0 aromatic rings. The van der Waals surface area contributed by atoms with Gasteiger partial charge in [0.05, 0.1) is 24.0 Å². The van der Waals surface area contributed by atoms with E-state index in [1.807, 2.05) is 32.9 Å². The van der Waals surface area contributed by atoms with Gasteiger partial charge in [-0.2, -0.15) is 0 Å². The van der Waals surface area contributed by atoms with E-state index in [1.54, 1.807) is 0 Å². The normalized spacial score (nSPS) is 37.4. The van der Waals surface area contributed by atoms with Gasteiger partial charge in [0.2, 0.25) is 0 Å². The highest BCUT2D eigenvalue weighted by molar-refractivity contribution is 5.75. The molecule has 5 unspecified atom stereocenters. The van der Waals surface area contributed by atoms with Crippen molar-refractivity contribution in [2.45, 2.75) is 84.2 Å². The molecule has 0 aromatic carbocycles. The first kappa shape index (κ1) is 22.0. The summed E-state index contributed by atoms with van der Waals surface area (Å²) in [5, 5.41) is 20.2. The Morgan fingerprint density at radius 3 is 2.62 bits per heavy atom. The zero-order valence-corrected chi connectivity index (χ0v) is 17.8. The molecule has 29 heavy (non-hydrogen) atoms. The number of fused-ring (bicyclic) bond motifs is 1. The number of rotatable bonds is 4. The largest absolute Gasteiger partial charge is 0.462 e. The molecule has 0 radical (unpaired) electrons. The van der Waals surface area contributed by atoms with Crippen LogP contribution in [0, 0.1) is 23.2 Å². The van der Waals surface area contributed by atoms with Crippen LogP contribution in [0.1, 0.15) is 59.8 Å². The van der Waals surface area contributed by atoms with Crippen molar-refractivity contribution in [2.75, 3.05) is 0 Å². The Kier molecular flexibility index (Phi) is 6.54. The van der Waals surface area contributed by atoms with E-state index in [0.29, 0.717) is 19.3 Å². The molecule has 0 saturated carbocycles. The van der Waals surface area contributed by atoms with Crippen LogP contribution in [-0.4, -0.2) is 46.6 Å². The van der Waals surface area contributed by atoms with Crippen molar-refractivity contribution in [3.05, 3.63) is 23.8 Å². The Morgan fingerprint density at radius 1 is 1.24 bits per heavy atom. The summed E-state index contributed by atoms with van der Waals surface area (Å²) in [6, 6.07) is 0. The minimum Gasteiger partial charge on any atom is -0.462 e. The summed E-state index contributed by atoms with van der Waals surface area (Å²) >= 11 is 0. The maximum Gasteiger partial charge on any atom is 0.311 e. The Labute approximate surface area is 173 Å². The molecule has 162 valence electrons. The maximum atomic E-state index is 12.6. The summed E-state index contributed by atoms with van der Waals surface area (Å²) in [5.74, 6) is -0.124. The van der Waals surface area contributed by atoms with Crippen molar-refractivity contribution < 1.29 is 29.3 Å². The van der Waals surface area contributed by atoms with E-state index in [0.717, 1.165) is 12.0 Å². The van der Waals surface area contributed by atoms with Crippen LogP contribution in [0.4, 0.5) is 0 Å². The molecule has 7 atom stereocenters. The van der Waals surface area contributed by atoms with E-state index in [9.17, 15) is 19.8 Å². The lowest BCUT2D eigenvalue weighted by atomic mass is 9.66. The average Bonchev–Trinajstić information content (AvgIpc) is 2.59. The van der Waals surface area contributed by atoms with Crippen LogP contribution in [0.5, 0.6) is 0 Å². The van der Waals surface area contributed by atoms with E-state index in [-0.39, 0.29) is 48.3 Å². The molecule has 0 aromatic heterocycles. The number of aliphatic hydroxyl groups excluding tert-OH is 2. The summed E-state index contributed by atoms with van der Waals surface area (Å²) in [6.45, 7) is 7.63. The third kappa shape index (κ3) is 5.28. The smallest absolute Gasteiger partial charge is 0.311 e. The second-order valence-electron chi connectivity index (χ2n) is 9.85. The SMILES string of the molecule is CC1C=CC2=CC(O)CC(OC(=O)C(C)(C)C)C2C1CC[C@@H]1C[C@@H](O)CC(=O)O1. The molecule has 1 aliphatic heterocycles. The Morgan fingerprint density at radius 2 is 1.97 bits per heavy atom. The standard InChI is InChI=1S/C23H34O6/c1-13-5-6-14-9-15(24)11-19(29-22(27)23(2,3)4)21(14)18(13)8-7-17-10-16(25)12-20(26)28-17/h5-6,9,13,15-19,21,24-25H,7-8,10-12H2,1-4H3/t13?,15?,16-,17-,18?,19?,21?/m1/s1. The van der Waals surface area contributed by atoms with Crippen molar-refractivity contribution >= 4 is 11.9 Å². The van der Waals surface area contributed by atoms with Gasteiger partial charge in [0.25, 0.3) is 0 Å². The minimum absolute atomic E-state index is 0.00826. The highest BCUT2D eigenvalue weighted by Crippen LogP contribution is 2.44. The van der Waals surface area contributed by atoms with Crippen LogP contribution in [0.2, 0.25) is 0 Å². The molecule has 6 heteroatoms. The number of allylic oxidation sites excluding steroid dienone is 2. The average molecular weight is 407 g/mol. The van der Waals surface area contributed by atoms with Crippen molar-refractivity contribution in [3.8, 4) is 0 Å². The number of aliphatic hydroxyl groups is 2. The molecule has 1 saturated heterocycles. The van der Waals surface area contributed by atoms with Crippen LogP contribution in [0.3, 0.4) is 0 Å². The second kappa shape index (κ2) is 8.60. The number of ether oxygens (including phenoxy) is 2. The van der Waals surface area contributed by atoms with Crippen molar-refractivity contribution in [1.29, 1.82) is 0 Å². The zero-order valence-electron chi connectivity index (χ0n) is 17.8. The maximum absolute atomic E-state index is 12.6. The van der Waals surface area contributed by atoms with E-state index in [4.69, 9.17) is 9.47 Å². The molecule has 6 nitrogen and oxygen atoms in total. The number of esters is 2. The zero-order chi connectivity index (χ0) is 21.3. The van der Waals surface area contributed by atoms with Gasteiger partial charge in [0.1, 0.15) is 12.2 Å². The van der Waals surface area contributed by atoms with Crippen LogP contribution in [0.25, 0.3) is 0 Å². The minimum atomic E-state index is -0.634. The molecule has 3 rings (SSSR count). The monoisotopic (exact) mass is 406 g/mol. The summed E-state index contributed by atoms with van der Waals surface area (Å²) < 4.78 is 11.3. The first-order chi connectivity index (χ1) is 13.5. The van der Waals surface area contributed by atoms with Gasteiger partial charge in [-0.25, -0.2) is 0 Å². The highest BCUT2D eigenvalue weighted by atomic mass is 16.6. The van der Waals surface area contributed by atoms with Crippen LogP contribution in [-0.2, 0) is 19.1 Å². The van der Waals surface area contributed by atoms with E-state index in [2.05, 4.69) is 13.0 Å². The first-order valence-electron chi connectivity index (χ1n) is 10.7. The summed E-state index contributed by atoms with van der Waals surface area (Å²) in [5.41, 5.74) is 0.406. The van der Waals surface area contributed by atoms with Crippen LogP contribution in [0.15, 0.2) is 23.8 Å². The lowest BCUT2D eigenvalue weighted by Gasteiger charge is -2.43. The molecular weight excluding hydrogens is 372 g/mol. The second-order valence-corrected chi connectivity index (χ2v) is 9.85. The van der Waals surface area contributed by atoms with Crippen LogP contribution >= 0.6 is 0 Å². The van der Waals surface area contributed by atoms with Gasteiger partial charge < -0.3 is 19.7 Å². The number of carbonyl (C=O) groups excluding carboxylic acids is 2. The van der Waals surface area contributed by atoms with Crippen LogP contribution < -0.4 is 0 Å². The fourth-order valence-electron chi connectivity index (χ4n) is 4.72. The molecule has 1 fully saturated rings. The third-order valence-corrected chi connectivity index (χ3v) is 6.30. The Balaban J connectivity index is 1.76.